The molecule has 0 saturated heterocycles. The van der Waals surface area contributed by atoms with Crippen LogP contribution in [0.3, 0.4) is 0 Å². The maximum atomic E-state index is 9.75. The van der Waals surface area contributed by atoms with Crippen LogP contribution in [0.1, 0.15) is 42.1 Å². The van der Waals surface area contributed by atoms with Crippen molar-refractivity contribution in [3.63, 3.8) is 0 Å². The van der Waals surface area contributed by atoms with Gasteiger partial charge >= 0.3 is 0 Å². The monoisotopic (exact) mass is 427 g/mol. The molecular formula is C22H22ClN3O2S. The number of rotatable bonds is 6. The van der Waals surface area contributed by atoms with E-state index >= 15 is 0 Å². The van der Waals surface area contributed by atoms with E-state index in [9.17, 15) is 5.11 Å². The third-order valence-corrected chi connectivity index (χ3v) is 6.22. The Morgan fingerprint density at radius 2 is 2.10 bits per heavy atom. The van der Waals surface area contributed by atoms with Gasteiger partial charge in [-0.1, -0.05) is 37.1 Å². The molecule has 4 rings (SSSR count). The molecule has 29 heavy (non-hydrogen) atoms. The average Bonchev–Trinajstić information content (AvgIpc) is 2.73. The number of aliphatic hydroxyl groups excluding tert-OH is 1. The van der Waals surface area contributed by atoms with Gasteiger partial charge in [-0.15, -0.1) is 11.8 Å². The van der Waals surface area contributed by atoms with Crippen LogP contribution in [-0.2, 0) is 13.0 Å². The van der Waals surface area contributed by atoms with Crippen molar-refractivity contribution in [2.45, 2.75) is 44.7 Å². The standard InChI is InChI=1S/C22H22ClN3O2S/c1-3-4-8-29-22-18-10-17-15(12-27)11-24-13(2)19(17)28-21(18)25-20(26-22)14-6-5-7-16(23)9-14/h5-7,9,11,27H,3-4,8,10,12H2,1-2H3. The van der Waals surface area contributed by atoms with E-state index in [1.807, 2.05) is 31.2 Å². The summed E-state index contributed by atoms with van der Waals surface area (Å²) in [6.07, 6.45) is 4.57. The zero-order valence-electron chi connectivity index (χ0n) is 16.4. The molecule has 0 atom stereocenters. The molecule has 3 heterocycles. The van der Waals surface area contributed by atoms with Crippen molar-refractivity contribution in [1.29, 1.82) is 0 Å². The summed E-state index contributed by atoms with van der Waals surface area (Å²) in [5, 5.41) is 11.3. The summed E-state index contributed by atoms with van der Waals surface area (Å²) in [4.78, 5) is 13.9. The largest absolute Gasteiger partial charge is 0.436 e. The number of nitrogens with zero attached hydrogens (tertiary/aromatic N) is 3. The molecule has 3 aromatic rings. The molecule has 5 nitrogen and oxygen atoms in total. The Labute approximate surface area is 179 Å². The highest BCUT2D eigenvalue weighted by atomic mass is 35.5. The molecule has 0 fully saturated rings. The maximum absolute atomic E-state index is 9.75. The minimum atomic E-state index is -0.0753. The third kappa shape index (κ3) is 4.10. The topological polar surface area (TPSA) is 68.1 Å². The summed E-state index contributed by atoms with van der Waals surface area (Å²) in [6, 6.07) is 7.53. The Kier molecular flexibility index (Phi) is 6.04. The van der Waals surface area contributed by atoms with Crippen molar-refractivity contribution in [2.75, 3.05) is 5.75 Å². The van der Waals surface area contributed by atoms with Crippen LogP contribution >= 0.6 is 23.4 Å². The second-order valence-corrected chi connectivity index (χ2v) is 8.48. The van der Waals surface area contributed by atoms with Crippen LogP contribution in [-0.4, -0.2) is 25.8 Å². The summed E-state index contributed by atoms with van der Waals surface area (Å²) in [5.74, 6) is 2.81. The molecule has 1 aliphatic rings. The normalized spacial score (nSPS) is 12.3. The molecule has 0 saturated carbocycles. The van der Waals surface area contributed by atoms with Gasteiger partial charge in [0, 0.05) is 34.3 Å². The van der Waals surface area contributed by atoms with E-state index in [-0.39, 0.29) is 6.61 Å². The second-order valence-electron chi connectivity index (χ2n) is 6.96. The van der Waals surface area contributed by atoms with Crippen LogP contribution in [0.5, 0.6) is 11.6 Å². The van der Waals surface area contributed by atoms with Gasteiger partial charge in [-0.2, -0.15) is 4.98 Å². The first-order valence-electron chi connectivity index (χ1n) is 9.66. The van der Waals surface area contributed by atoms with Crippen LogP contribution in [0.4, 0.5) is 0 Å². The van der Waals surface area contributed by atoms with Crippen molar-refractivity contribution in [2.24, 2.45) is 0 Å². The number of aromatic nitrogens is 3. The molecule has 1 aromatic carbocycles. The predicted molar refractivity (Wildman–Crippen MR) is 116 cm³/mol. The minimum Gasteiger partial charge on any atom is -0.436 e. The summed E-state index contributed by atoms with van der Waals surface area (Å²) in [6.45, 7) is 4.01. The number of aliphatic hydroxyl groups is 1. The quantitative estimate of drug-likeness (QED) is 0.246. The second kappa shape index (κ2) is 8.69. The molecule has 7 heteroatoms. The van der Waals surface area contributed by atoms with Crippen LogP contribution in [0, 0.1) is 6.92 Å². The van der Waals surface area contributed by atoms with E-state index in [2.05, 4.69) is 11.9 Å². The Balaban J connectivity index is 1.82. The highest BCUT2D eigenvalue weighted by molar-refractivity contribution is 7.99. The molecular weight excluding hydrogens is 406 g/mol. The first kappa shape index (κ1) is 20.1. The molecule has 150 valence electrons. The first-order chi connectivity index (χ1) is 14.1. The van der Waals surface area contributed by atoms with Gasteiger partial charge in [0.25, 0.3) is 0 Å². The highest BCUT2D eigenvalue weighted by Gasteiger charge is 2.27. The van der Waals surface area contributed by atoms with Crippen LogP contribution < -0.4 is 4.74 Å². The summed E-state index contributed by atoms with van der Waals surface area (Å²) < 4.78 is 6.22. The van der Waals surface area contributed by atoms with Crippen LogP contribution in [0.25, 0.3) is 11.4 Å². The number of thioether (sulfide) groups is 1. The molecule has 0 spiro atoms. The average molecular weight is 428 g/mol. The number of benzene rings is 1. The lowest BCUT2D eigenvalue weighted by atomic mass is 9.99. The van der Waals surface area contributed by atoms with Crippen LogP contribution in [0.15, 0.2) is 35.5 Å². The highest BCUT2D eigenvalue weighted by Crippen LogP contribution is 2.42. The smallest absolute Gasteiger partial charge is 0.227 e. The first-order valence-corrected chi connectivity index (χ1v) is 11.0. The summed E-state index contributed by atoms with van der Waals surface area (Å²) >= 11 is 7.90. The lowest BCUT2D eigenvalue weighted by Gasteiger charge is -2.24. The van der Waals surface area contributed by atoms with Gasteiger partial charge in [0.2, 0.25) is 5.88 Å². The van der Waals surface area contributed by atoms with Crippen LogP contribution in [0.2, 0.25) is 5.02 Å². The number of hydrogen-bond donors (Lipinski definition) is 1. The Morgan fingerprint density at radius 3 is 2.86 bits per heavy atom. The predicted octanol–water partition coefficient (Wildman–Crippen LogP) is 5.58. The van der Waals surface area contributed by atoms with Crippen molar-refractivity contribution in [3.8, 4) is 23.0 Å². The minimum absolute atomic E-state index is 0.0753. The zero-order valence-corrected chi connectivity index (χ0v) is 18.0. The molecule has 2 aromatic heterocycles. The molecule has 0 unspecified atom stereocenters. The number of aryl methyl sites for hydroxylation is 1. The molecule has 0 aliphatic carbocycles. The van der Waals surface area contributed by atoms with Crippen molar-refractivity contribution in [1.82, 2.24) is 15.0 Å². The Bertz CT molecular complexity index is 1060. The summed E-state index contributed by atoms with van der Waals surface area (Å²) in [7, 11) is 0. The van der Waals surface area contributed by atoms with E-state index in [4.69, 9.17) is 26.3 Å². The Morgan fingerprint density at radius 1 is 1.24 bits per heavy atom. The van der Waals surface area contributed by atoms with Gasteiger partial charge < -0.3 is 9.84 Å². The van der Waals surface area contributed by atoms with E-state index in [0.717, 1.165) is 51.6 Å². The van der Waals surface area contributed by atoms with Gasteiger partial charge in [-0.25, -0.2) is 4.98 Å². The number of hydrogen-bond acceptors (Lipinski definition) is 6. The lowest BCUT2D eigenvalue weighted by molar-refractivity contribution is 0.278. The van der Waals surface area contributed by atoms with E-state index < -0.39 is 0 Å². The van der Waals surface area contributed by atoms with Crippen molar-refractivity contribution >= 4 is 23.4 Å². The fourth-order valence-electron chi connectivity index (χ4n) is 3.28. The zero-order chi connectivity index (χ0) is 20.4. The number of unbranched alkanes of at least 4 members (excludes halogenated alkanes) is 1. The van der Waals surface area contributed by atoms with Gasteiger partial charge in [-0.05, 0) is 31.2 Å². The number of ether oxygens (including phenoxy) is 1. The van der Waals surface area contributed by atoms with Crippen molar-refractivity contribution in [3.05, 3.63) is 57.9 Å². The SMILES string of the molecule is CCCCSc1nc(-c2cccc(Cl)c2)nc2c1Cc1c(CO)cnc(C)c1O2. The fourth-order valence-corrected chi connectivity index (χ4v) is 4.58. The van der Waals surface area contributed by atoms with Gasteiger partial charge in [-0.3, -0.25) is 4.98 Å². The van der Waals surface area contributed by atoms with Crippen molar-refractivity contribution < 1.29 is 9.84 Å². The van der Waals surface area contributed by atoms with Gasteiger partial charge in [0.1, 0.15) is 5.03 Å². The number of fused-ring (bicyclic) bond motifs is 2. The molecule has 0 bridgehead atoms. The maximum Gasteiger partial charge on any atom is 0.227 e. The summed E-state index contributed by atoms with van der Waals surface area (Å²) in [5.41, 5.74) is 4.34. The fraction of sp³-hybridized carbons (Fsp3) is 0.318. The number of halogens is 1. The lowest BCUT2D eigenvalue weighted by Crippen LogP contribution is -2.13. The third-order valence-electron chi connectivity index (χ3n) is 4.88. The molecule has 0 radical (unpaired) electrons. The number of pyridine rings is 1. The van der Waals surface area contributed by atoms with E-state index in [1.54, 1.807) is 18.0 Å². The molecule has 0 amide bonds. The van der Waals surface area contributed by atoms with E-state index in [1.165, 1.54) is 0 Å². The Hall–Kier alpha value is -2.15. The van der Waals surface area contributed by atoms with E-state index in [0.29, 0.717) is 28.9 Å². The van der Waals surface area contributed by atoms with Gasteiger partial charge in [0.15, 0.2) is 11.6 Å². The molecule has 1 N–H and O–H groups in total. The van der Waals surface area contributed by atoms with Gasteiger partial charge in [0.05, 0.1) is 17.9 Å². The molecule has 1 aliphatic heterocycles.